The highest BCUT2D eigenvalue weighted by Gasteiger charge is 2.27. The minimum absolute atomic E-state index is 0.102. The normalized spacial score (nSPS) is 14.5. The Morgan fingerprint density at radius 2 is 1.92 bits per heavy atom. The lowest BCUT2D eigenvalue weighted by atomic mass is 9.95. The van der Waals surface area contributed by atoms with Gasteiger partial charge in [0, 0.05) is 35.9 Å². The number of piperidine rings is 1. The lowest BCUT2D eigenvalue weighted by Crippen LogP contribution is -2.34. The van der Waals surface area contributed by atoms with Crippen molar-refractivity contribution in [1.29, 1.82) is 10.9 Å². The summed E-state index contributed by atoms with van der Waals surface area (Å²) in [6.07, 6.45) is 3.02. The number of benzene rings is 2. The van der Waals surface area contributed by atoms with Crippen molar-refractivity contribution in [3.8, 4) is 11.1 Å². The fraction of sp³-hybridized carbons (Fsp3) is 0.320. The summed E-state index contributed by atoms with van der Waals surface area (Å²) in [5.41, 5.74) is 8.16. The first kappa shape index (κ1) is 23.6. The Kier molecular flexibility index (Phi) is 6.21. The van der Waals surface area contributed by atoms with Crippen molar-refractivity contribution in [3.05, 3.63) is 65.6 Å². The van der Waals surface area contributed by atoms with Gasteiger partial charge in [-0.25, -0.2) is 24.3 Å². The predicted molar refractivity (Wildman–Crippen MR) is 129 cm³/mol. The Labute approximate surface area is 205 Å². The maximum absolute atomic E-state index is 14.8. The SMILES string of the molecule is CC(C)c1nc(C2CCN(c3ncnc4c(-c5ccc(C(=N)N=N)c(F)c5)cc(F)cc34)CC2)no1. The van der Waals surface area contributed by atoms with Gasteiger partial charge < -0.3 is 9.42 Å². The van der Waals surface area contributed by atoms with Gasteiger partial charge in [-0.05, 0) is 42.7 Å². The number of rotatable bonds is 5. The van der Waals surface area contributed by atoms with E-state index in [2.05, 4.69) is 30.1 Å². The minimum atomic E-state index is -0.718. The molecule has 36 heavy (non-hydrogen) atoms. The van der Waals surface area contributed by atoms with E-state index in [1.165, 1.54) is 30.6 Å². The Morgan fingerprint density at radius 1 is 1.14 bits per heavy atom. The minimum Gasteiger partial charge on any atom is -0.356 e. The molecule has 3 heterocycles. The molecule has 5 rings (SSSR count). The number of fused-ring (bicyclic) bond motifs is 1. The molecule has 4 aromatic rings. The maximum Gasteiger partial charge on any atom is 0.229 e. The largest absolute Gasteiger partial charge is 0.356 e. The Hall–Kier alpha value is -4.15. The molecule has 9 nitrogen and oxygen atoms in total. The molecule has 0 amide bonds. The molecule has 0 radical (unpaired) electrons. The van der Waals surface area contributed by atoms with Gasteiger partial charge in [0.2, 0.25) is 5.89 Å². The lowest BCUT2D eigenvalue weighted by Gasteiger charge is -2.32. The zero-order valence-corrected chi connectivity index (χ0v) is 19.8. The predicted octanol–water partition coefficient (Wildman–Crippen LogP) is 5.82. The molecule has 2 aromatic carbocycles. The summed E-state index contributed by atoms with van der Waals surface area (Å²) < 4.78 is 34.8. The second kappa shape index (κ2) is 9.48. The second-order valence-electron chi connectivity index (χ2n) is 9.11. The van der Waals surface area contributed by atoms with Gasteiger partial charge in [-0.3, -0.25) is 5.41 Å². The van der Waals surface area contributed by atoms with E-state index >= 15 is 0 Å². The van der Waals surface area contributed by atoms with E-state index in [0.717, 1.165) is 18.7 Å². The summed E-state index contributed by atoms with van der Waals surface area (Å²) in [7, 11) is 0. The molecule has 0 spiro atoms. The van der Waals surface area contributed by atoms with Crippen molar-refractivity contribution >= 4 is 22.6 Å². The molecular formula is C25H24F2N8O. The van der Waals surface area contributed by atoms with Crippen LogP contribution < -0.4 is 4.90 Å². The molecule has 2 N–H and O–H groups in total. The van der Waals surface area contributed by atoms with Crippen LogP contribution >= 0.6 is 0 Å². The third-order valence-corrected chi connectivity index (χ3v) is 6.44. The van der Waals surface area contributed by atoms with E-state index in [0.29, 0.717) is 46.8 Å². The summed E-state index contributed by atoms with van der Waals surface area (Å²) in [5.74, 6) is 0.614. The van der Waals surface area contributed by atoms with Crippen molar-refractivity contribution in [2.45, 2.75) is 38.5 Å². The van der Waals surface area contributed by atoms with Crippen molar-refractivity contribution in [2.75, 3.05) is 18.0 Å². The monoisotopic (exact) mass is 490 g/mol. The van der Waals surface area contributed by atoms with Crippen LogP contribution in [0.3, 0.4) is 0 Å². The number of halogens is 2. The van der Waals surface area contributed by atoms with Crippen LogP contribution in [-0.2, 0) is 0 Å². The van der Waals surface area contributed by atoms with Gasteiger partial charge in [-0.2, -0.15) is 4.98 Å². The first-order chi connectivity index (χ1) is 17.4. The summed E-state index contributed by atoms with van der Waals surface area (Å²) in [5, 5.41) is 15.3. The first-order valence-corrected chi connectivity index (χ1v) is 11.6. The second-order valence-corrected chi connectivity index (χ2v) is 9.11. The van der Waals surface area contributed by atoms with Gasteiger partial charge in [0.25, 0.3) is 0 Å². The number of nitrogens with one attached hydrogen (secondary N) is 2. The van der Waals surface area contributed by atoms with Crippen LogP contribution in [0.1, 0.15) is 55.8 Å². The molecule has 11 heteroatoms. The molecule has 1 aliphatic heterocycles. The van der Waals surface area contributed by atoms with Crippen LogP contribution in [0.5, 0.6) is 0 Å². The lowest BCUT2D eigenvalue weighted by molar-refractivity contribution is 0.353. The number of aromatic nitrogens is 4. The number of anilines is 1. The number of amidine groups is 1. The van der Waals surface area contributed by atoms with E-state index in [-0.39, 0.29) is 17.4 Å². The van der Waals surface area contributed by atoms with Gasteiger partial charge >= 0.3 is 0 Å². The average Bonchev–Trinajstić information content (AvgIpc) is 3.38. The summed E-state index contributed by atoms with van der Waals surface area (Å²) in [4.78, 5) is 15.5. The van der Waals surface area contributed by atoms with E-state index in [4.69, 9.17) is 15.5 Å². The molecule has 1 fully saturated rings. The molecule has 0 aliphatic carbocycles. The van der Waals surface area contributed by atoms with Crippen LogP contribution in [0, 0.1) is 22.6 Å². The van der Waals surface area contributed by atoms with Crippen LogP contribution in [0.4, 0.5) is 14.6 Å². The topological polar surface area (TPSA) is 128 Å². The Morgan fingerprint density at radius 3 is 2.58 bits per heavy atom. The van der Waals surface area contributed by atoms with Crippen LogP contribution in [0.25, 0.3) is 22.0 Å². The molecule has 184 valence electrons. The number of nitrogens with zero attached hydrogens (tertiary/aromatic N) is 6. The maximum atomic E-state index is 14.8. The highest BCUT2D eigenvalue weighted by atomic mass is 19.1. The van der Waals surface area contributed by atoms with Crippen LogP contribution in [-0.4, -0.2) is 39.0 Å². The number of hydrogen-bond acceptors (Lipinski definition) is 8. The molecular weight excluding hydrogens is 466 g/mol. The van der Waals surface area contributed by atoms with E-state index in [1.54, 1.807) is 6.07 Å². The van der Waals surface area contributed by atoms with Crippen molar-refractivity contribution < 1.29 is 13.3 Å². The van der Waals surface area contributed by atoms with Gasteiger partial charge in [0.15, 0.2) is 11.7 Å². The van der Waals surface area contributed by atoms with E-state index in [1.807, 2.05) is 13.8 Å². The zero-order valence-electron chi connectivity index (χ0n) is 19.8. The summed E-state index contributed by atoms with van der Waals surface area (Å²) >= 11 is 0. The molecule has 0 bridgehead atoms. The van der Waals surface area contributed by atoms with E-state index in [9.17, 15) is 8.78 Å². The third-order valence-electron chi connectivity index (χ3n) is 6.44. The van der Waals surface area contributed by atoms with E-state index < -0.39 is 17.5 Å². The fourth-order valence-electron chi connectivity index (χ4n) is 4.52. The number of hydrogen-bond donors (Lipinski definition) is 2. The molecule has 1 saturated heterocycles. The van der Waals surface area contributed by atoms with Gasteiger partial charge in [0.05, 0.1) is 11.1 Å². The molecule has 0 saturated carbocycles. The van der Waals surface area contributed by atoms with Crippen LogP contribution in [0.15, 0.2) is 46.3 Å². The summed E-state index contributed by atoms with van der Waals surface area (Å²) in [6, 6.07) is 6.83. The molecule has 0 atom stereocenters. The summed E-state index contributed by atoms with van der Waals surface area (Å²) in [6.45, 7) is 5.37. The highest BCUT2D eigenvalue weighted by Crippen LogP contribution is 2.36. The highest BCUT2D eigenvalue weighted by molar-refractivity contribution is 6.01. The average molecular weight is 491 g/mol. The van der Waals surface area contributed by atoms with Gasteiger partial charge in [-0.15, -0.1) is 5.11 Å². The molecule has 0 unspecified atom stereocenters. The molecule has 1 aliphatic rings. The Bertz CT molecular complexity index is 1460. The van der Waals surface area contributed by atoms with Gasteiger partial charge in [0.1, 0.15) is 23.8 Å². The fourth-order valence-corrected chi connectivity index (χ4v) is 4.52. The standard InChI is InChI=1S/C25H24F2N8O/c1-13(2)25-32-23(34-36-25)14-5-7-35(8-6-14)24-19-11-16(26)10-18(21(19)30-12-31-24)15-3-4-17(20(27)9-15)22(28)33-29/h3-4,9-14,28-29H,5-8H2,1-2H3. The van der Waals surface area contributed by atoms with Crippen molar-refractivity contribution in [1.82, 2.24) is 20.1 Å². The van der Waals surface area contributed by atoms with Crippen LogP contribution in [0.2, 0.25) is 0 Å². The molecule has 2 aromatic heterocycles. The first-order valence-electron chi connectivity index (χ1n) is 11.6. The van der Waals surface area contributed by atoms with Crippen molar-refractivity contribution in [2.24, 2.45) is 5.11 Å². The quantitative estimate of drug-likeness (QED) is 0.206. The third kappa shape index (κ3) is 4.32. The smallest absolute Gasteiger partial charge is 0.229 e. The Balaban J connectivity index is 1.46. The van der Waals surface area contributed by atoms with Gasteiger partial charge in [-0.1, -0.05) is 25.1 Å². The zero-order chi connectivity index (χ0) is 25.4. The van der Waals surface area contributed by atoms with Crippen molar-refractivity contribution in [3.63, 3.8) is 0 Å².